The molecule has 1 aromatic carbocycles. The molecular formula is C14H19NO4. The molecule has 19 heavy (non-hydrogen) atoms. The fourth-order valence-electron chi connectivity index (χ4n) is 2.36. The number of aromatic hydroxyl groups is 1. The van der Waals surface area contributed by atoms with E-state index in [0.717, 1.165) is 0 Å². The second-order valence-electron chi connectivity index (χ2n) is 5.09. The topological polar surface area (TPSA) is 59.0 Å². The molecule has 0 saturated heterocycles. The minimum atomic E-state index is -0.246. The van der Waals surface area contributed by atoms with Crippen LogP contribution in [0.4, 0.5) is 0 Å². The van der Waals surface area contributed by atoms with Crippen molar-refractivity contribution in [1.29, 1.82) is 0 Å². The highest BCUT2D eigenvalue weighted by molar-refractivity contribution is 6.01. The van der Waals surface area contributed by atoms with Crippen molar-refractivity contribution in [1.82, 2.24) is 4.90 Å². The summed E-state index contributed by atoms with van der Waals surface area (Å²) in [5, 5.41) is 9.97. The van der Waals surface area contributed by atoms with E-state index in [4.69, 9.17) is 9.47 Å². The SMILES string of the molecule is CC(C)N(C(=O)c1c(O)ccc2c1OCO2)C(C)C. The molecule has 1 N–H and O–H groups in total. The number of phenolic OH excluding ortho intramolecular Hbond substituents is 1. The summed E-state index contributed by atoms with van der Waals surface area (Å²) in [6.45, 7) is 7.83. The Hall–Kier alpha value is -1.91. The van der Waals surface area contributed by atoms with Crippen LogP contribution in [0.15, 0.2) is 12.1 Å². The lowest BCUT2D eigenvalue weighted by Gasteiger charge is -2.31. The van der Waals surface area contributed by atoms with E-state index in [2.05, 4.69) is 0 Å². The van der Waals surface area contributed by atoms with Crippen molar-refractivity contribution in [2.75, 3.05) is 6.79 Å². The van der Waals surface area contributed by atoms with Crippen LogP contribution in [0.5, 0.6) is 17.2 Å². The van der Waals surface area contributed by atoms with E-state index in [1.54, 1.807) is 11.0 Å². The lowest BCUT2D eigenvalue weighted by Crippen LogP contribution is -2.42. The van der Waals surface area contributed by atoms with E-state index in [-0.39, 0.29) is 36.1 Å². The van der Waals surface area contributed by atoms with Gasteiger partial charge in [-0.2, -0.15) is 0 Å². The van der Waals surface area contributed by atoms with Gasteiger partial charge in [0.15, 0.2) is 11.5 Å². The Balaban J connectivity index is 2.47. The van der Waals surface area contributed by atoms with E-state index >= 15 is 0 Å². The molecule has 0 unspecified atom stereocenters. The Morgan fingerprint density at radius 2 is 1.84 bits per heavy atom. The van der Waals surface area contributed by atoms with Crippen molar-refractivity contribution in [2.45, 2.75) is 39.8 Å². The summed E-state index contributed by atoms with van der Waals surface area (Å²) in [5.41, 5.74) is 0.178. The maximum absolute atomic E-state index is 12.6. The van der Waals surface area contributed by atoms with Gasteiger partial charge in [0.2, 0.25) is 6.79 Å². The largest absolute Gasteiger partial charge is 0.507 e. The number of fused-ring (bicyclic) bond motifs is 1. The van der Waals surface area contributed by atoms with Gasteiger partial charge in [-0.3, -0.25) is 4.79 Å². The third kappa shape index (κ3) is 2.32. The van der Waals surface area contributed by atoms with Crippen molar-refractivity contribution in [3.63, 3.8) is 0 Å². The molecule has 1 amide bonds. The highest BCUT2D eigenvalue weighted by Crippen LogP contribution is 2.41. The summed E-state index contributed by atoms with van der Waals surface area (Å²) >= 11 is 0. The maximum atomic E-state index is 12.6. The lowest BCUT2D eigenvalue weighted by atomic mass is 10.1. The summed E-state index contributed by atoms with van der Waals surface area (Å²) in [4.78, 5) is 14.3. The maximum Gasteiger partial charge on any atom is 0.262 e. The molecular weight excluding hydrogens is 246 g/mol. The molecule has 1 heterocycles. The zero-order valence-electron chi connectivity index (χ0n) is 11.6. The van der Waals surface area contributed by atoms with Crippen LogP contribution in [0, 0.1) is 0 Å². The minimum absolute atomic E-state index is 0.0325. The Morgan fingerprint density at radius 3 is 2.42 bits per heavy atom. The predicted molar refractivity (Wildman–Crippen MR) is 70.7 cm³/mol. The molecule has 1 aliphatic heterocycles. The van der Waals surface area contributed by atoms with Crippen LogP contribution in [-0.4, -0.2) is 34.8 Å². The molecule has 0 saturated carbocycles. The van der Waals surface area contributed by atoms with Gasteiger partial charge < -0.3 is 19.5 Å². The molecule has 0 spiro atoms. The number of hydrogen-bond donors (Lipinski definition) is 1. The van der Waals surface area contributed by atoms with Crippen LogP contribution in [0.1, 0.15) is 38.1 Å². The molecule has 0 aromatic heterocycles. The number of benzene rings is 1. The van der Waals surface area contributed by atoms with E-state index < -0.39 is 0 Å². The second kappa shape index (κ2) is 4.99. The predicted octanol–water partition coefficient (Wildman–Crippen LogP) is 2.38. The van der Waals surface area contributed by atoms with Gasteiger partial charge >= 0.3 is 0 Å². The normalized spacial score (nSPS) is 13.2. The van der Waals surface area contributed by atoms with Crippen LogP contribution < -0.4 is 9.47 Å². The number of carbonyl (C=O) groups is 1. The van der Waals surface area contributed by atoms with E-state index in [0.29, 0.717) is 11.5 Å². The summed E-state index contributed by atoms with van der Waals surface area (Å²) in [6, 6.07) is 3.12. The molecule has 0 atom stereocenters. The van der Waals surface area contributed by atoms with Crippen molar-refractivity contribution < 1.29 is 19.4 Å². The van der Waals surface area contributed by atoms with Crippen LogP contribution in [0.2, 0.25) is 0 Å². The van der Waals surface area contributed by atoms with E-state index in [1.807, 2.05) is 27.7 Å². The molecule has 0 fully saturated rings. The number of rotatable bonds is 3. The number of carbonyl (C=O) groups excluding carboxylic acids is 1. The monoisotopic (exact) mass is 265 g/mol. The average Bonchev–Trinajstić information content (AvgIpc) is 2.75. The zero-order valence-corrected chi connectivity index (χ0v) is 11.6. The van der Waals surface area contributed by atoms with Gasteiger partial charge in [-0.1, -0.05) is 0 Å². The van der Waals surface area contributed by atoms with Crippen LogP contribution in [0.3, 0.4) is 0 Å². The lowest BCUT2D eigenvalue weighted by molar-refractivity contribution is 0.0636. The van der Waals surface area contributed by atoms with Gasteiger partial charge in [0, 0.05) is 12.1 Å². The van der Waals surface area contributed by atoms with Crippen molar-refractivity contribution in [2.24, 2.45) is 0 Å². The fourth-order valence-corrected chi connectivity index (χ4v) is 2.36. The van der Waals surface area contributed by atoms with Crippen LogP contribution >= 0.6 is 0 Å². The Labute approximate surface area is 112 Å². The first-order chi connectivity index (χ1) is 8.93. The first-order valence-corrected chi connectivity index (χ1v) is 6.37. The molecule has 1 aromatic rings. The smallest absolute Gasteiger partial charge is 0.262 e. The molecule has 5 nitrogen and oxygen atoms in total. The Morgan fingerprint density at radius 1 is 1.21 bits per heavy atom. The summed E-state index contributed by atoms with van der Waals surface area (Å²) in [6.07, 6.45) is 0. The molecule has 1 aliphatic rings. The third-order valence-electron chi connectivity index (χ3n) is 3.08. The Kier molecular flexibility index (Phi) is 3.55. The van der Waals surface area contributed by atoms with Gasteiger partial charge in [0.25, 0.3) is 5.91 Å². The van der Waals surface area contributed by atoms with Crippen LogP contribution in [-0.2, 0) is 0 Å². The Bertz CT molecular complexity index is 488. The summed E-state index contributed by atoms with van der Waals surface area (Å²) in [7, 11) is 0. The van der Waals surface area contributed by atoms with E-state index in [1.165, 1.54) is 6.07 Å². The third-order valence-corrected chi connectivity index (χ3v) is 3.08. The van der Waals surface area contributed by atoms with Gasteiger partial charge in [0.05, 0.1) is 0 Å². The molecule has 5 heteroatoms. The summed E-state index contributed by atoms with van der Waals surface area (Å²) in [5.74, 6) is 0.496. The molecule has 0 bridgehead atoms. The molecule has 2 rings (SSSR count). The highest BCUT2D eigenvalue weighted by Gasteiger charge is 2.31. The summed E-state index contributed by atoms with van der Waals surface area (Å²) < 4.78 is 10.6. The number of nitrogens with zero attached hydrogens (tertiary/aromatic N) is 1. The number of phenols is 1. The molecule has 0 radical (unpaired) electrons. The van der Waals surface area contributed by atoms with Gasteiger partial charge in [-0.25, -0.2) is 0 Å². The first-order valence-electron chi connectivity index (χ1n) is 6.37. The highest BCUT2D eigenvalue weighted by atomic mass is 16.7. The van der Waals surface area contributed by atoms with Crippen molar-refractivity contribution in [3.8, 4) is 17.2 Å². The standard InChI is InChI=1S/C14H19NO4/c1-8(2)15(9(3)4)14(17)12-10(16)5-6-11-13(12)19-7-18-11/h5-6,8-9,16H,7H2,1-4H3. The quantitative estimate of drug-likeness (QED) is 0.911. The number of ether oxygens (including phenoxy) is 2. The number of hydrogen-bond acceptors (Lipinski definition) is 4. The van der Waals surface area contributed by atoms with Crippen molar-refractivity contribution >= 4 is 5.91 Å². The van der Waals surface area contributed by atoms with Crippen molar-refractivity contribution in [3.05, 3.63) is 17.7 Å². The van der Waals surface area contributed by atoms with Gasteiger partial charge in [0.1, 0.15) is 11.3 Å². The van der Waals surface area contributed by atoms with E-state index in [9.17, 15) is 9.90 Å². The minimum Gasteiger partial charge on any atom is -0.507 e. The zero-order chi connectivity index (χ0) is 14.2. The average molecular weight is 265 g/mol. The van der Waals surface area contributed by atoms with Gasteiger partial charge in [-0.15, -0.1) is 0 Å². The van der Waals surface area contributed by atoms with Gasteiger partial charge in [-0.05, 0) is 39.8 Å². The molecule has 104 valence electrons. The second-order valence-corrected chi connectivity index (χ2v) is 5.09. The number of amides is 1. The molecule has 0 aliphatic carbocycles. The fraction of sp³-hybridized carbons (Fsp3) is 0.500. The van der Waals surface area contributed by atoms with Crippen LogP contribution in [0.25, 0.3) is 0 Å². The first kappa shape index (κ1) is 13.5.